The molecular weight excluding hydrogens is 300 g/mol. The van der Waals surface area contributed by atoms with E-state index in [2.05, 4.69) is 22.8 Å². The van der Waals surface area contributed by atoms with Gasteiger partial charge in [-0.3, -0.25) is 4.79 Å². The number of hydrogen-bond acceptors (Lipinski definition) is 3. The molecule has 3 aromatic rings. The minimum Gasteiger partial charge on any atom is -0.497 e. The molecule has 4 nitrogen and oxygen atoms in total. The third-order valence-electron chi connectivity index (χ3n) is 3.89. The van der Waals surface area contributed by atoms with E-state index >= 15 is 0 Å². The molecule has 0 radical (unpaired) electrons. The minimum atomic E-state index is -0.373. The fraction of sp³-hybridized carbons (Fsp3) is 0.150. The molecular formula is C20H20N2O2. The summed E-state index contributed by atoms with van der Waals surface area (Å²) >= 11 is 0. The van der Waals surface area contributed by atoms with E-state index in [1.165, 1.54) is 0 Å². The molecule has 0 saturated heterocycles. The lowest BCUT2D eigenvalue weighted by Crippen LogP contribution is -2.31. The molecule has 0 aliphatic carbocycles. The van der Waals surface area contributed by atoms with Crippen molar-refractivity contribution in [3.05, 3.63) is 66.7 Å². The quantitative estimate of drug-likeness (QED) is 0.737. The Morgan fingerprint density at radius 3 is 2.58 bits per heavy atom. The van der Waals surface area contributed by atoms with E-state index in [0.29, 0.717) is 11.4 Å². The van der Waals surface area contributed by atoms with Crippen molar-refractivity contribution < 1.29 is 9.53 Å². The molecule has 0 bridgehead atoms. The van der Waals surface area contributed by atoms with Crippen LogP contribution < -0.4 is 15.4 Å². The first-order valence-corrected chi connectivity index (χ1v) is 7.86. The molecule has 4 heteroatoms. The molecule has 0 aliphatic rings. The third kappa shape index (κ3) is 3.49. The highest BCUT2D eigenvalue weighted by molar-refractivity contribution is 5.99. The number of benzene rings is 3. The SMILES string of the molecule is COc1cccc(NC(=O)[C@H](C)Nc2cccc3ccccc23)c1. The normalized spacial score (nSPS) is 11.8. The van der Waals surface area contributed by atoms with E-state index in [-0.39, 0.29) is 11.9 Å². The van der Waals surface area contributed by atoms with Gasteiger partial charge in [-0.25, -0.2) is 0 Å². The van der Waals surface area contributed by atoms with Crippen LogP contribution in [-0.2, 0) is 4.79 Å². The number of anilines is 2. The Morgan fingerprint density at radius 1 is 1.00 bits per heavy atom. The summed E-state index contributed by atoms with van der Waals surface area (Å²) in [5.74, 6) is 0.610. The van der Waals surface area contributed by atoms with E-state index in [9.17, 15) is 4.79 Å². The highest BCUT2D eigenvalue weighted by Gasteiger charge is 2.14. The van der Waals surface area contributed by atoms with Gasteiger partial charge in [-0.2, -0.15) is 0 Å². The van der Waals surface area contributed by atoms with Gasteiger partial charge in [0, 0.05) is 22.8 Å². The number of carbonyl (C=O) groups is 1. The van der Waals surface area contributed by atoms with Gasteiger partial charge < -0.3 is 15.4 Å². The molecule has 122 valence electrons. The van der Waals surface area contributed by atoms with Crippen molar-refractivity contribution >= 4 is 28.1 Å². The van der Waals surface area contributed by atoms with E-state index in [4.69, 9.17) is 4.74 Å². The number of rotatable bonds is 5. The Balaban J connectivity index is 1.73. The maximum atomic E-state index is 12.4. The molecule has 1 amide bonds. The molecule has 2 N–H and O–H groups in total. The number of fused-ring (bicyclic) bond motifs is 1. The molecule has 0 aromatic heterocycles. The van der Waals surface area contributed by atoms with Crippen molar-refractivity contribution in [3.63, 3.8) is 0 Å². The number of nitrogens with one attached hydrogen (secondary N) is 2. The van der Waals surface area contributed by atoms with Crippen LogP contribution in [0.25, 0.3) is 10.8 Å². The van der Waals surface area contributed by atoms with E-state index in [0.717, 1.165) is 16.5 Å². The van der Waals surface area contributed by atoms with E-state index in [1.807, 2.05) is 55.5 Å². The summed E-state index contributed by atoms with van der Waals surface area (Å²) in [6.45, 7) is 1.84. The van der Waals surface area contributed by atoms with Crippen LogP contribution in [0.1, 0.15) is 6.92 Å². The smallest absolute Gasteiger partial charge is 0.246 e. The first kappa shape index (κ1) is 15.9. The average molecular weight is 320 g/mol. The molecule has 0 saturated carbocycles. The molecule has 0 unspecified atom stereocenters. The Labute approximate surface area is 141 Å². The fourth-order valence-electron chi connectivity index (χ4n) is 2.60. The van der Waals surface area contributed by atoms with E-state index in [1.54, 1.807) is 13.2 Å². The average Bonchev–Trinajstić information content (AvgIpc) is 2.62. The van der Waals surface area contributed by atoms with Crippen LogP contribution in [0.15, 0.2) is 66.7 Å². The van der Waals surface area contributed by atoms with Crippen molar-refractivity contribution in [1.82, 2.24) is 0 Å². The highest BCUT2D eigenvalue weighted by atomic mass is 16.5. The van der Waals surface area contributed by atoms with Crippen molar-refractivity contribution in [3.8, 4) is 5.75 Å². The monoisotopic (exact) mass is 320 g/mol. The zero-order valence-corrected chi connectivity index (χ0v) is 13.7. The Kier molecular flexibility index (Phi) is 4.66. The predicted octanol–water partition coefficient (Wildman–Crippen LogP) is 4.29. The van der Waals surface area contributed by atoms with Crippen LogP contribution in [0, 0.1) is 0 Å². The van der Waals surface area contributed by atoms with Crippen LogP contribution in [-0.4, -0.2) is 19.1 Å². The lowest BCUT2D eigenvalue weighted by molar-refractivity contribution is -0.116. The molecule has 0 fully saturated rings. The van der Waals surface area contributed by atoms with Gasteiger partial charge in [0.25, 0.3) is 0 Å². The highest BCUT2D eigenvalue weighted by Crippen LogP contribution is 2.24. The lowest BCUT2D eigenvalue weighted by atomic mass is 10.1. The summed E-state index contributed by atoms with van der Waals surface area (Å²) in [5, 5.41) is 8.43. The predicted molar refractivity (Wildman–Crippen MR) is 98.7 cm³/mol. The van der Waals surface area contributed by atoms with Gasteiger partial charge in [0.2, 0.25) is 5.91 Å². The first-order chi connectivity index (χ1) is 11.7. The number of ether oxygens (including phenoxy) is 1. The topological polar surface area (TPSA) is 50.4 Å². The summed E-state index contributed by atoms with van der Waals surface area (Å²) < 4.78 is 5.17. The van der Waals surface area contributed by atoms with Crippen LogP contribution >= 0.6 is 0 Å². The summed E-state index contributed by atoms with van der Waals surface area (Å²) in [7, 11) is 1.60. The van der Waals surface area contributed by atoms with Gasteiger partial charge in [0.05, 0.1) is 7.11 Å². The molecule has 1 atom stereocenters. The number of hydrogen-bond donors (Lipinski definition) is 2. The second-order valence-electron chi connectivity index (χ2n) is 5.61. The zero-order chi connectivity index (χ0) is 16.9. The molecule has 0 spiro atoms. The Bertz CT molecular complexity index is 856. The van der Waals surface area contributed by atoms with Crippen molar-refractivity contribution in [2.75, 3.05) is 17.7 Å². The molecule has 0 aliphatic heterocycles. The minimum absolute atomic E-state index is 0.101. The number of carbonyl (C=O) groups excluding carboxylic acids is 1. The zero-order valence-electron chi connectivity index (χ0n) is 13.7. The summed E-state index contributed by atoms with van der Waals surface area (Å²) in [5.41, 5.74) is 1.66. The van der Waals surface area contributed by atoms with Crippen LogP contribution in [0.2, 0.25) is 0 Å². The van der Waals surface area contributed by atoms with Crippen LogP contribution in [0.4, 0.5) is 11.4 Å². The Morgan fingerprint density at radius 2 is 1.75 bits per heavy atom. The van der Waals surface area contributed by atoms with E-state index < -0.39 is 0 Å². The largest absolute Gasteiger partial charge is 0.497 e. The summed E-state index contributed by atoms with van der Waals surface area (Å²) in [6, 6.07) is 21.1. The van der Waals surface area contributed by atoms with Gasteiger partial charge in [0.15, 0.2) is 0 Å². The summed E-state index contributed by atoms with van der Waals surface area (Å²) in [4.78, 5) is 12.4. The van der Waals surface area contributed by atoms with Crippen molar-refractivity contribution in [2.24, 2.45) is 0 Å². The van der Waals surface area contributed by atoms with Crippen LogP contribution in [0.5, 0.6) is 5.75 Å². The van der Waals surface area contributed by atoms with Gasteiger partial charge in [-0.05, 0) is 30.5 Å². The lowest BCUT2D eigenvalue weighted by Gasteiger charge is -2.17. The van der Waals surface area contributed by atoms with Gasteiger partial charge >= 0.3 is 0 Å². The van der Waals surface area contributed by atoms with Crippen LogP contribution in [0.3, 0.4) is 0 Å². The molecule has 0 heterocycles. The standard InChI is InChI=1S/C20H20N2O2/c1-14(20(23)22-16-9-6-10-17(13-16)24-2)21-19-12-5-8-15-7-3-4-11-18(15)19/h3-14,21H,1-2H3,(H,22,23)/t14-/m0/s1. The van der Waals surface area contributed by atoms with Gasteiger partial charge in [0.1, 0.15) is 11.8 Å². The molecule has 3 rings (SSSR count). The van der Waals surface area contributed by atoms with Crippen molar-refractivity contribution in [1.29, 1.82) is 0 Å². The second-order valence-corrected chi connectivity index (χ2v) is 5.61. The number of methoxy groups -OCH3 is 1. The second kappa shape index (κ2) is 7.04. The van der Waals surface area contributed by atoms with Gasteiger partial charge in [-0.1, -0.05) is 42.5 Å². The Hall–Kier alpha value is -3.01. The maximum absolute atomic E-state index is 12.4. The number of amides is 1. The third-order valence-corrected chi connectivity index (χ3v) is 3.89. The maximum Gasteiger partial charge on any atom is 0.246 e. The first-order valence-electron chi connectivity index (χ1n) is 7.86. The molecule has 3 aromatic carbocycles. The van der Waals surface area contributed by atoms with Crippen molar-refractivity contribution in [2.45, 2.75) is 13.0 Å². The molecule has 24 heavy (non-hydrogen) atoms. The summed E-state index contributed by atoms with van der Waals surface area (Å²) in [6.07, 6.45) is 0. The fourth-order valence-corrected chi connectivity index (χ4v) is 2.60. The van der Waals surface area contributed by atoms with Gasteiger partial charge in [-0.15, -0.1) is 0 Å².